The van der Waals surface area contributed by atoms with Crippen LogP contribution < -0.4 is 5.43 Å². The molecule has 1 amide bonds. The van der Waals surface area contributed by atoms with Crippen LogP contribution in [-0.4, -0.2) is 17.1 Å². The Labute approximate surface area is 112 Å². The Morgan fingerprint density at radius 3 is 2.74 bits per heavy atom. The molecule has 0 atom stereocenters. The number of aromatic nitrogens is 1. The molecule has 0 saturated carbocycles. The van der Waals surface area contributed by atoms with Crippen LogP contribution in [-0.2, 0) is 0 Å². The first-order valence-corrected chi connectivity index (χ1v) is 5.98. The zero-order chi connectivity index (χ0) is 13.7. The number of carbonyl (C=O) groups excluding carboxylic acids is 1. The predicted octanol–water partition coefficient (Wildman–Crippen LogP) is 2.46. The third-order valence-corrected chi connectivity index (χ3v) is 2.82. The zero-order valence-electron chi connectivity index (χ0n) is 10.9. The summed E-state index contributed by atoms with van der Waals surface area (Å²) in [5.74, 6) is -0.227. The summed E-state index contributed by atoms with van der Waals surface area (Å²) in [7, 11) is 0. The van der Waals surface area contributed by atoms with Crippen molar-refractivity contribution in [1.82, 2.24) is 10.4 Å². The van der Waals surface area contributed by atoms with E-state index >= 15 is 0 Å². The largest absolute Gasteiger partial charge is 0.271 e. The summed E-state index contributed by atoms with van der Waals surface area (Å²) in [5, 5.41) is 3.88. The molecule has 0 aliphatic rings. The van der Waals surface area contributed by atoms with Crippen LogP contribution in [0.3, 0.4) is 0 Å². The predicted molar refractivity (Wildman–Crippen MR) is 75.2 cm³/mol. The van der Waals surface area contributed by atoms with E-state index < -0.39 is 0 Å². The molecule has 4 heteroatoms. The molecule has 1 N–H and O–H groups in total. The maximum absolute atomic E-state index is 11.9. The average molecular weight is 253 g/mol. The van der Waals surface area contributed by atoms with Crippen molar-refractivity contribution in [2.75, 3.05) is 0 Å². The molecule has 2 rings (SSSR count). The lowest BCUT2D eigenvalue weighted by molar-refractivity contribution is 0.0955. The average Bonchev–Trinajstić information content (AvgIpc) is 2.43. The maximum Gasteiger partial charge on any atom is 0.271 e. The Hall–Kier alpha value is -2.49. The maximum atomic E-state index is 11.9. The molecule has 96 valence electrons. The first-order chi connectivity index (χ1) is 9.16. The molecule has 0 unspecified atom stereocenters. The molecule has 0 fully saturated rings. The number of benzene rings is 1. The second-order valence-electron chi connectivity index (χ2n) is 4.25. The molecule has 4 nitrogen and oxygen atoms in total. The van der Waals surface area contributed by atoms with Crippen LogP contribution in [0.5, 0.6) is 0 Å². The fourth-order valence-electron chi connectivity index (χ4n) is 1.56. The summed E-state index contributed by atoms with van der Waals surface area (Å²) >= 11 is 0. The minimum Gasteiger partial charge on any atom is -0.267 e. The van der Waals surface area contributed by atoms with Crippen LogP contribution >= 0.6 is 0 Å². The quantitative estimate of drug-likeness (QED) is 0.674. The van der Waals surface area contributed by atoms with E-state index in [1.165, 1.54) is 6.21 Å². The van der Waals surface area contributed by atoms with Crippen molar-refractivity contribution in [3.8, 4) is 0 Å². The van der Waals surface area contributed by atoms with Gasteiger partial charge in [0.15, 0.2) is 0 Å². The Balaban J connectivity index is 2.01. The van der Waals surface area contributed by atoms with E-state index in [-0.39, 0.29) is 5.91 Å². The Bertz CT molecular complexity index is 606. The molecule has 0 aliphatic heterocycles. The molecule has 0 spiro atoms. The van der Waals surface area contributed by atoms with Gasteiger partial charge in [-0.2, -0.15) is 5.10 Å². The first-order valence-electron chi connectivity index (χ1n) is 5.98. The van der Waals surface area contributed by atoms with Gasteiger partial charge < -0.3 is 0 Å². The summed E-state index contributed by atoms with van der Waals surface area (Å²) in [5.41, 5.74) is 6.03. The van der Waals surface area contributed by atoms with Gasteiger partial charge in [0, 0.05) is 11.8 Å². The van der Waals surface area contributed by atoms with Crippen molar-refractivity contribution in [2.45, 2.75) is 13.8 Å². The van der Waals surface area contributed by atoms with E-state index in [1.807, 2.05) is 44.2 Å². The van der Waals surface area contributed by atoms with Crippen molar-refractivity contribution in [3.05, 3.63) is 65.0 Å². The van der Waals surface area contributed by atoms with Crippen molar-refractivity contribution in [1.29, 1.82) is 0 Å². The third kappa shape index (κ3) is 3.48. The Morgan fingerprint density at radius 2 is 2.05 bits per heavy atom. The lowest BCUT2D eigenvalue weighted by Gasteiger charge is -2.03. The third-order valence-electron chi connectivity index (χ3n) is 2.82. The summed E-state index contributed by atoms with van der Waals surface area (Å²) in [6, 6.07) is 11.1. The van der Waals surface area contributed by atoms with Crippen molar-refractivity contribution >= 4 is 12.1 Å². The molecule has 1 heterocycles. The van der Waals surface area contributed by atoms with Gasteiger partial charge >= 0.3 is 0 Å². The lowest BCUT2D eigenvalue weighted by atomic mass is 10.1. The summed E-state index contributed by atoms with van der Waals surface area (Å²) < 4.78 is 0. The Kier molecular flexibility index (Phi) is 4.03. The number of hydrogen-bond donors (Lipinski definition) is 1. The van der Waals surface area contributed by atoms with Crippen LogP contribution in [0.2, 0.25) is 0 Å². The van der Waals surface area contributed by atoms with Crippen LogP contribution in [0.15, 0.2) is 47.7 Å². The number of amides is 1. The molecule has 1 aromatic heterocycles. The number of aryl methyl sites for hydroxylation is 2. The number of hydrazone groups is 1. The van der Waals surface area contributed by atoms with Gasteiger partial charge in [-0.3, -0.25) is 9.78 Å². The summed E-state index contributed by atoms with van der Waals surface area (Å²) in [4.78, 5) is 15.9. The van der Waals surface area contributed by atoms with Gasteiger partial charge in [-0.05, 0) is 49.2 Å². The lowest BCUT2D eigenvalue weighted by Crippen LogP contribution is -2.17. The van der Waals surface area contributed by atoms with Crippen molar-refractivity contribution < 1.29 is 4.79 Å². The molecule has 0 aliphatic carbocycles. The highest BCUT2D eigenvalue weighted by Gasteiger charge is 2.04. The minimum absolute atomic E-state index is 0.227. The van der Waals surface area contributed by atoms with E-state index in [0.29, 0.717) is 11.3 Å². The van der Waals surface area contributed by atoms with Gasteiger partial charge in [-0.1, -0.05) is 12.1 Å². The van der Waals surface area contributed by atoms with Gasteiger partial charge in [0.25, 0.3) is 5.91 Å². The fourth-order valence-corrected chi connectivity index (χ4v) is 1.56. The molecule has 1 aromatic carbocycles. The molecular weight excluding hydrogens is 238 g/mol. The van der Waals surface area contributed by atoms with Gasteiger partial charge in [0.05, 0.1) is 11.9 Å². The molecule has 2 aromatic rings. The van der Waals surface area contributed by atoms with E-state index in [4.69, 9.17) is 0 Å². The highest BCUT2D eigenvalue weighted by atomic mass is 16.2. The number of pyridine rings is 1. The molecule has 0 radical (unpaired) electrons. The van der Waals surface area contributed by atoms with Gasteiger partial charge in [0.1, 0.15) is 0 Å². The normalized spacial score (nSPS) is 10.6. The van der Waals surface area contributed by atoms with E-state index in [0.717, 1.165) is 11.1 Å². The van der Waals surface area contributed by atoms with Crippen LogP contribution in [0, 0.1) is 13.8 Å². The van der Waals surface area contributed by atoms with Gasteiger partial charge in [-0.15, -0.1) is 0 Å². The number of nitrogens with zero attached hydrogens (tertiary/aromatic N) is 2. The van der Waals surface area contributed by atoms with Crippen molar-refractivity contribution in [2.24, 2.45) is 5.10 Å². The molecule has 0 saturated heterocycles. The van der Waals surface area contributed by atoms with Gasteiger partial charge in [-0.25, -0.2) is 5.43 Å². The molecule has 19 heavy (non-hydrogen) atoms. The number of hydrogen-bond acceptors (Lipinski definition) is 3. The summed E-state index contributed by atoms with van der Waals surface area (Å²) in [6.07, 6.45) is 3.19. The molecule has 0 bridgehead atoms. The van der Waals surface area contributed by atoms with E-state index in [9.17, 15) is 4.79 Å². The number of carbonyl (C=O) groups is 1. The monoisotopic (exact) mass is 253 g/mol. The topological polar surface area (TPSA) is 54.4 Å². The number of nitrogens with one attached hydrogen (secondary N) is 1. The van der Waals surface area contributed by atoms with E-state index in [2.05, 4.69) is 15.5 Å². The molecular formula is C15H15N3O. The van der Waals surface area contributed by atoms with Crippen molar-refractivity contribution in [3.63, 3.8) is 0 Å². The highest BCUT2D eigenvalue weighted by molar-refractivity contribution is 5.95. The second kappa shape index (κ2) is 5.91. The highest BCUT2D eigenvalue weighted by Crippen LogP contribution is 2.09. The van der Waals surface area contributed by atoms with E-state index in [1.54, 1.807) is 12.3 Å². The van der Waals surface area contributed by atoms with Gasteiger partial charge in [0.2, 0.25) is 0 Å². The van der Waals surface area contributed by atoms with Crippen LogP contribution in [0.4, 0.5) is 0 Å². The first kappa shape index (κ1) is 13.0. The van der Waals surface area contributed by atoms with Crippen LogP contribution in [0.25, 0.3) is 0 Å². The SMILES string of the molecule is Cc1ccc(C(=O)N/N=C/c2ccccn2)cc1C. The van der Waals surface area contributed by atoms with Crippen LogP contribution in [0.1, 0.15) is 27.2 Å². The Morgan fingerprint density at radius 1 is 1.21 bits per heavy atom. The zero-order valence-corrected chi connectivity index (χ0v) is 10.9. The standard InChI is InChI=1S/C15H15N3O/c1-11-6-7-13(9-12(11)2)15(19)18-17-10-14-5-3-4-8-16-14/h3-10H,1-2H3,(H,18,19)/b17-10+. The second-order valence-corrected chi connectivity index (χ2v) is 4.25. The number of rotatable bonds is 3. The minimum atomic E-state index is -0.227. The fraction of sp³-hybridized carbons (Fsp3) is 0.133. The summed E-state index contributed by atoms with van der Waals surface area (Å²) in [6.45, 7) is 3.99. The smallest absolute Gasteiger partial charge is 0.267 e.